The Morgan fingerprint density at radius 3 is 1.64 bits per heavy atom. The van der Waals surface area contributed by atoms with Gasteiger partial charge in [-0.3, -0.25) is 9.59 Å². The summed E-state index contributed by atoms with van der Waals surface area (Å²) < 4.78 is 4.81. The van der Waals surface area contributed by atoms with Crippen LogP contribution in [0.25, 0.3) is 0 Å². The van der Waals surface area contributed by atoms with Crippen LogP contribution in [0.2, 0.25) is 0 Å². The SMILES string of the molecule is CCCCCCCCCCCCCC(=O)CCC(=O)OCC. The molecular weight excluding hydrogens is 276 g/mol. The van der Waals surface area contributed by atoms with E-state index in [1.807, 2.05) is 0 Å². The predicted molar refractivity (Wildman–Crippen MR) is 92.0 cm³/mol. The first-order chi connectivity index (χ1) is 10.7. The van der Waals surface area contributed by atoms with Crippen molar-refractivity contribution in [2.75, 3.05) is 6.61 Å². The lowest BCUT2D eigenvalue weighted by Crippen LogP contribution is -2.07. The summed E-state index contributed by atoms with van der Waals surface area (Å²) in [6.45, 7) is 4.43. The summed E-state index contributed by atoms with van der Waals surface area (Å²) in [5.74, 6) is -0.0567. The molecule has 0 aromatic carbocycles. The van der Waals surface area contributed by atoms with Crippen LogP contribution >= 0.6 is 0 Å². The van der Waals surface area contributed by atoms with Gasteiger partial charge in [0.25, 0.3) is 0 Å². The second-order valence-electron chi connectivity index (χ2n) is 6.13. The summed E-state index contributed by atoms with van der Waals surface area (Å²) in [7, 11) is 0. The molecule has 0 saturated heterocycles. The Bertz CT molecular complexity index is 274. The van der Waals surface area contributed by atoms with E-state index in [-0.39, 0.29) is 18.2 Å². The first-order valence-electron chi connectivity index (χ1n) is 9.38. The molecule has 3 nitrogen and oxygen atoms in total. The third-order valence-corrected chi connectivity index (χ3v) is 3.97. The highest BCUT2D eigenvalue weighted by atomic mass is 16.5. The van der Waals surface area contributed by atoms with E-state index in [1.165, 1.54) is 57.8 Å². The molecule has 0 heterocycles. The highest BCUT2D eigenvalue weighted by Gasteiger charge is 2.07. The van der Waals surface area contributed by atoms with Crippen molar-refractivity contribution in [3.63, 3.8) is 0 Å². The number of hydrogen-bond acceptors (Lipinski definition) is 3. The number of esters is 1. The molecule has 22 heavy (non-hydrogen) atoms. The highest BCUT2D eigenvalue weighted by Crippen LogP contribution is 2.12. The number of carbonyl (C=O) groups excluding carboxylic acids is 2. The maximum Gasteiger partial charge on any atom is 0.306 e. The lowest BCUT2D eigenvalue weighted by molar-refractivity contribution is -0.144. The Morgan fingerprint density at radius 1 is 0.636 bits per heavy atom. The van der Waals surface area contributed by atoms with Crippen molar-refractivity contribution in [3.8, 4) is 0 Å². The molecule has 130 valence electrons. The van der Waals surface area contributed by atoms with Gasteiger partial charge in [-0.25, -0.2) is 0 Å². The van der Waals surface area contributed by atoms with E-state index < -0.39 is 0 Å². The summed E-state index contributed by atoms with van der Waals surface area (Å²) in [6, 6.07) is 0. The van der Waals surface area contributed by atoms with Gasteiger partial charge in [0, 0.05) is 12.8 Å². The summed E-state index contributed by atoms with van der Waals surface area (Å²) in [4.78, 5) is 22.7. The first-order valence-corrected chi connectivity index (χ1v) is 9.38. The van der Waals surface area contributed by atoms with Gasteiger partial charge in [-0.1, -0.05) is 71.1 Å². The molecule has 0 fully saturated rings. The molecule has 0 aromatic heterocycles. The van der Waals surface area contributed by atoms with Crippen LogP contribution in [-0.2, 0) is 14.3 Å². The van der Waals surface area contributed by atoms with Crippen molar-refractivity contribution < 1.29 is 14.3 Å². The van der Waals surface area contributed by atoms with Crippen molar-refractivity contribution in [2.45, 2.75) is 104 Å². The van der Waals surface area contributed by atoms with Crippen LogP contribution in [0.3, 0.4) is 0 Å². The largest absolute Gasteiger partial charge is 0.466 e. The fourth-order valence-electron chi connectivity index (χ4n) is 2.59. The Balaban J connectivity index is 3.22. The van der Waals surface area contributed by atoms with E-state index in [2.05, 4.69) is 6.92 Å². The lowest BCUT2D eigenvalue weighted by atomic mass is 10.0. The Morgan fingerprint density at radius 2 is 1.14 bits per heavy atom. The molecular formula is C19H36O3. The van der Waals surface area contributed by atoms with Crippen LogP contribution in [0.15, 0.2) is 0 Å². The van der Waals surface area contributed by atoms with Crippen LogP contribution in [-0.4, -0.2) is 18.4 Å². The molecule has 0 unspecified atom stereocenters. The summed E-state index contributed by atoms with van der Waals surface area (Å²) in [5, 5.41) is 0. The van der Waals surface area contributed by atoms with Gasteiger partial charge in [0.15, 0.2) is 0 Å². The molecule has 0 aliphatic carbocycles. The molecule has 0 bridgehead atoms. The maximum absolute atomic E-state index is 11.6. The zero-order chi connectivity index (χ0) is 16.5. The number of carbonyl (C=O) groups is 2. The van der Waals surface area contributed by atoms with Crippen LogP contribution in [0.5, 0.6) is 0 Å². The molecule has 0 rings (SSSR count). The zero-order valence-electron chi connectivity index (χ0n) is 14.8. The third kappa shape index (κ3) is 15.5. The average Bonchev–Trinajstić information content (AvgIpc) is 2.51. The van der Waals surface area contributed by atoms with E-state index in [9.17, 15) is 9.59 Å². The molecule has 0 aliphatic rings. The minimum absolute atomic E-state index is 0.198. The molecule has 0 aliphatic heterocycles. The molecule has 0 N–H and O–H groups in total. The number of hydrogen-bond donors (Lipinski definition) is 0. The maximum atomic E-state index is 11.6. The molecule has 0 aromatic rings. The van der Waals surface area contributed by atoms with Gasteiger partial charge >= 0.3 is 5.97 Å². The van der Waals surface area contributed by atoms with Gasteiger partial charge in [0.1, 0.15) is 5.78 Å². The minimum atomic E-state index is -0.255. The topological polar surface area (TPSA) is 43.4 Å². The van der Waals surface area contributed by atoms with E-state index in [4.69, 9.17) is 4.74 Å². The average molecular weight is 312 g/mol. The van der Waals surface area contributed by atoms with Crippen molar-refractivity contribution in [3.05, 3.63) is 0 Å². The number of unbranched alkanes of at least 4 members (excludes halogenated alkanes) is 10. The monoisotopic (exact) mass is 312 g/mol. The van der Waals surface area contributed by atoms with Gasteiger partial charge in [-0.2, -0.15) is 0 Å². The van der Waals surface area contributed by atoms with Gasteiger partial charge in [0.2, 0.25) is 0 Å². The Kier molecular flexibility index (Phi) is 15.9. The van der Waals surface area contributed by atoms with Crippen LogP contribution in [0, 0.1) is 0 Å². The number of rotatable bonds is 16. The van der Waals surface area contributed by atoms with Crippen molar-refractivity contribution in [1.82, 2.24) is 0 Å². The molecule has 0 amide bonds. The first kappa shape index (κ1) is 21.1. The summed E-state index contributed by atoms with van der Waals surface area (Å²) in [6.07, 6.45) is 15.4. The molecule has 0 radical (unpaired) electrons. The fraction of sp³-hybridized carbons (Fsp3) is 0.895. The van der Waals surface area contributed by atoms with Crippen molar-refractivity contribution in [1.29, 1.82) is 0 Å². The van der Waals surface area contributed by atoms with Crippen LogP contribution in [0.1, 0.15) is 104 Å². The Labute approximate surface area is 137 Å². The lowest BCUT2D eigenvalue weighted by Gasteiger charge is -2.03. The van der Waals surface area contributed by atoms with Crippen LogP contribution in [0.4, 0.5) is 0 Å². The van der Waals surface area contributed by atoms with E-state index in [0.717, 1.165) is 12.8 Å². The second kappa shape index (κ2) is 16.5. The minimum Gasteiger partial charge on any atom is -0.466 e. The molecule has 0 atom stereocenters. The van der Waals surface area contributed by atoms with Crippen molar-refractivity contribution in [2.24, 2.45) is 0 Å². The molecule has 0 saturated carbocycles. The zero-order valence-corrected chi connectivity index (χ0v) is 14.8. The van der Waals surface area contributed by atoms with Crippen LogP contribution < -0.4 is 0 Å². The van der Waals surface area contributed by atoms with Gasteiger partial charge < -0.3 is 4.74 Å². The summed E-state index contributed by atoms with van der Waals surface area (Å²) >= 11 is 0. The smallest absolute Gasteiger partial charge is 0.306 e. The summed E-state index contributed by atoms with van der Waals surface area (Å²) in [5.41, 5.74) is 0. The van der Waals surface area contributed by atoms with E-state index in [0.29, 0.717) is 19.4 Å². The number of ether oxygens (including phenoxy) is 1. The quantitative estimate of drug-likeness (QED) is 0.275. The fourth-order valence-corrected chi connectivity index (χ4v) is 2.59. The number of Topliss-reactive ketones (excluding diaryl/α,β-unsaturated/α-hetero) is 1. The standard InChI is InChI=1S/C19H36O3/c1-3-5-6-7-8-9-10-11-12-13-14-15-18(20)16-17-19(21)22-4-2/h3-17H2,1-2H3. The molecule has 3 heteroatoms. The third-order valence-electron chi connectivity index (χ3n) is 3.97. The van der Waals surface area contributed by atoms with E-state index >= 15 is 0 Å². The predicted octanol–water partition coefficient (Wildman–Crippen LogP) is 5.60. The Hall–Kier alpha value is -0.860. The van der Waals surface area contributed by atoms with Gasteiger partial charge in [-0.05, 0) is 13.3 Å². The van der Waals surface area contributed by atoms with Gasteiger partial charge in [0.05, 0.1) is 13.0 Å². The molecule has 0 spiro atoms. The van der Waals surface area contributed by atoms with Crippen molar-refractivity contribution >= 4 is 11.8 Å². The van der Waals surface area contributed by atoms with Gasteiger partial charge in [-0.15, -0.1) is 0 Å². The second-order valence-corrected chi connectivity index (χ2v) is 6.13. The number of ketones is 1. The highest BCUT2D eigenvalue weighted by molar-refractivity contribution is 5.82. The normalized spacial score (nSPS) is 10.6. The van der Waals surface area contributed by atoms with E-state index in [1.54, 1.807) is 6.92 Å².